The van der Waals surface area contributed by atoms with Crippen molar-refractivity contribution in [3.05, 3.63) is 12.7 Å². The third kappa shape index (κ3) is 12.5. The van der Waals surface area contributed by atoms with E-state index in [-0.39, 0.29) is 35.9 Å². The highest BCUT2D eigenvalue weighted by Crippen LogP contribution is 2.87. The Hall–Kier alpha value is -1.17. The SMILES string of the molecule is CSCCNC(=O)CCNC(=O)C(O)C(C)(C)COP(=O)(O)PP(=O)(O)PCC1OC(n2cnc3c(N)ncnc32)C(O)C1OP(=O)(O)O. The molecule has 9 unspecified atom stereocenters. The number of fused-ring (bicyclic) bond motifs is 1. The predicted octanol–water partition coefficient (Wildman–Crippen LogP) is 0.0917. The van der Waals surface area contributed by atoms with Crippen molar-refractivity contribution in [2.45, 2.75) is 50.9 Å². The normalized spacial score (nSPS) is 23.6. The van der Waals surface area contributed by atoms with Gasteiger partial charge in [-0.15, -0.1) is 0 Å². The fourth-order valence-corrected chi connectivity index (χ4v) is 20.3. The number of thioether (sulfide) groups is 1. The highest BCUT2D eigenvalue weighted by atomic mass is 32.7. The van der Waals surface area contributed by atoms with E-state index in [0.717, 1.165) is 12.1 Å². The summed E-state index contributed by atoms with van der Waals surface area (Å²) in [5.41, 5.74) is 4.60. The minimum atomic E-state index is -5.21. The summed E-state index contributed by atoms with van der Waals surface area (Å²) in [4.78, 5) is 76.0. The highest BCUT2D eigenvalue weighted by Gasteiger charge is 2.49. The van der Waals surface area contributed by atoms with E-state index in [1.165, 1.54) is 24.7 Å². The number of nitrogens with two attached hydrogens (primary N) is 1. The minimum Gasteiger partial charge on any atom is -0.386 e. The molecule has 0 saturated carbocycles. The second kappa shape index (κ2) is 17.6. The Kier molecular flexibility index (Phi) is 15.1. The number of hydrogen-bond donors (Lipinski definition) is 9. The van der Waals surface area contributed by atoms with Gasteiger partial charge in [-0.1, -0.05) is 13.8 Å². The van der Waals surface area contributed by atoms with Crippen LogP contribution in [0.5, 0.6) is 0 Å². The van der Waals surface area contributed by atoms with E-state index in [1.54, 1.807) is 11.8 Å². The monoisotopic (exact) mass is 813 g/mol. The summed E-state index contributed by atoms with van der Waals surface area (Å²) in [5.74, 6) is -0.428. The average molecular weight is 814 g/mol. The van der Waals surface area contributed by atoms with Crippen LogP contribution in [0.15, 0.2) is 12.7 Å². The predicted molar refractivity (Wildman–Crippen MR) is 182 cm³/mol. The standard InChI is InChI=1S/C22H40N7O14P5S/c1-22(2,17(32)20(33)25-5-4-13(30)24-6-7-49-3)9-41-47(37,38)45-48(39,40)44-8-12-16(43-46(34,35)36)15(31)21(42-12)29-11-28-14-18(23)26-10-27-19(14)29/h10-12,15-17,21,31-32,44-45H,4-9H2,1-3H3,(H,24,30)(H,25,33)(H,37,38)(H,39,40)(H2,23,26,27)(H2,34,35,36). The zero-order valence-electron chi connectivity index (χ0n) is 26.3. The molecule has 278 valence electrons. The molecular weight excluding hydrogens is 773 g/mol. The molecule has 0 bridgehead atoms. The molecule has 1 fully saturated rings. The van der Waals surface area contributed by atoms with Gasteiger partial charge < -0.3 is 55.4 Å². The maximum Gasteiger partial charge on any atom is 0.470 e. The van der Waals surface area contributed by atoms with E-state index < -0.39 is 92.8 Å². The molecule has 21 nitrogen and oxygen atoms in total. The molecule has 3 rings (SSSR count). The zero-order valence-corrected chi connectivity index (χ0v) is 31.8. The van der Waals surface area contributed by atoms with Crippen LogP contribution in [-0.2, 0) is 37.1 Å². The molecule has 2 amide bonds. The Balaban J connectivity index is 1.59. The lowest BCUT2D eigenvalue weighted by Gasteiger charge is -2.30. The number of aliphatic hydroxyl groups is 2. The number of hydrogen-bond acceptors (Lipinski definition) is 15. The molecule has 27 heteroatoms. The van der Waals surface area contributed by atoms with Crippen LogP contribution in [0, 0.1) is 5.41 Å². The van der Waals surface area contributed by atoms with Gasteiger partial charge in [0.25, 0.3) is 0 Å². The largest absolute Gasteiger partial charge is 0.470 e. The summed E-state index contributed by atoms with van der Waals surface area (Å²) in [6.07, 6.45) is -4.24. The molecule has 2 aromatic rings. The number of nitrogen functional groups attached to an aromatic ring is 1. The molecule has 49 heavy (non-hydrogen) atoms. The Labute approximate surface area is 287 Å². The van der Waals surface area contributed by atoms with Gasteiger partial charge in [0, 0.05) is 36.8 Å². The Morgan fingerprint density at radius 1 is 1.16 bits per heavy atom. The van der Waals surface area contributed by atoms with Crippen LogP contribution in [0.2, 0.25) is 0 Å². The molecule has 1 aliphatic heterocycles. The Morgan fingerprint density at radius 3 is 2.51 bits per heavy atom. The van der Waals surface area contributed by atoms with Gasteiger partial charge in [0.2, 0.25) is 18.6 Å². The number of phosphoric acid groups is 1. The summed E-state index contributed by atoms with van der Waals surface area (Å²) in [6.45, 7) is -2.04. The van der Waals surface area contributed by atoms with Crippen molar-refractivity contribution in [2.75, 3.05) is 43.6 Å². The zero-order chi connectivity index (χ0) is 36.8. The van der Waals surface area contributed by atoms with Gasteiger partial charge in [0.15, 0.2) is 17.7 Å². The molecule has 0 radical (unpaired) electrons. The first kappa shape index (κ1) is 42.2. The molecule has 1 aliphatic rings. The van der Waals surface area contributed by atoms with Crippen molar-refractivity contribution < 1.29 is 66.9 Å². The molecule has 1 saturated heterocycles. The second-order valence-corrected chi connectivity index (χ2v) is 26.9. The molecule has 3 heterocycles. The van der Waals surface area contributed by atoms with Crippen LogP contribution in [-0.4, -0.2) is 123 Å². The van der Waals surface area contributed by atoms with Crippen LogP contribution in [0.1, 0.15) is 26.5 Å². The van der Waals surface area contributed by atoms with Crippen LogP contribution in [0.4, 0.5) is 5.82 Å². The minimum absolute atomic E-state index is 0.00897. The van der Waals surface area contributed by atoms with Gasteiger partial charge in [0.1, 0.15) is 30.2 Å². The maximum atomic E-state index is 13.1. The van der Waals surface area contributed by atoms with Crippen molar-refractivity contribution in [2.24, 2.45) is 5.41 Å². The first-order valence-corrected chi connectivity index (χ1v) is 25.1. The molecule has 0 aliphatic carbocycles. The number of amides is 2. The number of carbonyl (C=O) groups is 2. The van der Waals surface area contributed by atoms with E-state index >= 15 is 0 Å². The van der Waals surface area contributed by atoms with Crippen LogP contribution in [0.25, 0.3) is 11.2 Å². The average Bonchev–Trinajstić information content (AvgIpc) is 3.55. The first-order chi connectivity index (χ1) is 22.7. The fraction of sp³-hybridized carbons (Fsp3) is 0.682. The third-order valence-electron chi connectivity index (χ3n) is 6.88. The molecule has 9 atom stereocenters. The topological polar surface area (TPSA) is 328 Å². The second-order valence-electron chi connectivity index (χ2n) is 11.3. The van der Waals surface area contributed by atoms with E-state index in [0.29, 0.717) is 6.54 Å². The maximum absolute atomic E-state index is 13.1. The van der Waals surface area contributed by atoms with Crippen LogP contribution < -0.4 is 16.4 Å². The fourth-order valence-electron chi connectivity index (χ4n) is 4.37. The highest BCUT2D eigenvalue weighted by molar-refractivity contribution is 8.68. The molecular formula is C22H40N7O14P5S. The van der Waals surface area contributed by atoms with E-state index in [9.17, 15) is 53.1 Å². The Morgan fingerprint density at radius 2 is 1.86 bits per heavy atom. The number of anilines is 1. The van der Waals surface area contributed by atoms with Gasteiger partial charge in [-0.25, -0.2) is 19.5 Å². The Bertz CT molecular complexity index is 1620. The molecule has 10 N–H and O–H groups in total. The van der Waals surface area contributed by atoms with Crippen molar-refractivity contribution in [3.63, 3.8) is 0 Å². The van der Waals surface area contributed by atoms with Gasteiger partial charge in [0.05, 0.1) is 27.0 Å². The number of phosphoric ester groups is 1. The molecule has 0 spiro atoms. The van der Waals surface area contributed by atoms with Gasteiger partial charge in [-0.3, -0.25) is 27.8 Å². The first-order valence-electron chi connectivity index (χ1n) is 14.2. The quantitative estimate of drug-likeness (QED) is 0.0670. The summed E-state index contributed by atoms with van der Waals surface area (Å²) in [7, 11) is -12.6. The number of nitrogens with zero attached hydrogens (tertiary/aromatic N) is 4. The molecule has 2 aromatic heterocycles. The smallest absolute Gasteiger partial charge is 0.386 e. The lowest BCUT2D eigenvalue weighted by Crippen LogP contribution is -2.46. The number of rotatable bonds is 19. The summed E-state index contributed by atoms with van der Waals surface area (Å²) < 4.78 is 54.4. The number of imidazole rings is 1. The molecule has 0 aromatic carbocycles. The van der Waals surface area contributed by atoms with Gasteiger partial charge >= 0.3 is 15.1 Å². The summed E-state index contributed by atoms with van der Waals surface area (Å²) in [6, 6.07) is 0. The van der Waals surface area contributed by atoms with E-state index in [1.807, 2.05) is 6.26 Å². The van der Waals surface area contributed by atoms with Crippen molar-refractivity contribution in [3.8, 4) is 0 Å². The number of aromatic nitrogens is 4. The third-order valence-corrected chi connectivity index (χ3v) is 22.7. The van der Waals surface area contributed by atoms with Crippen molar-refractivity contribution in [1.29, 1.82) is 0 Å². The number of aliphatic hydroxyl groups excluding tert-OH is 2. The van der Waals surface area contributed by atoms with Crippen LogP contribution in [0.3, 0.4) is 0 Å². The van der Waals surface area contributed by atoms with Gasteiger partial charge in [-0.2, -0.15) is 11.8 Å². The number of nitrogens with one attached hydrogen (secondary N) is 2. The van der Waals surface area contributed by atoms with Crippen molar-refractivity contribution >= 4 is 78.6 Å². The van der Waals surface area contributed by atoms with Gasteiger partial charge in [-0.05, 0) is 14.5 Å². The summed E-state index contributed by atoms with van der Waals surface area (Å²) >= 11 is 1.55. The number of ether oxygens (including phenoxy) is 1. The summed E-state index contributed by atoms with van der Waals surface area (Å²) in [5, 5.41) is 26.5. The lowest BCUT2D eigenvalue weighted by atomic mass is 9.87. The van der Waals surface area contributed by atoms with Crippen LogP contribution >= 0.6 is 49.8 Å². The lowest BCUT2D eigenvalue weighted by molar-refractivity contribution is -0.136. The number of carbonyl (C=O) groups excluding carboxylic acids is 2. The van der Waals surface area contributed by atoms with E-state index in [4.69, 9.17) is 19.5 Å². The van der Waals surface area contributed by atoms with E-state index in [2.05, 4.69) is 25.6 Å². The van der Waals surface area contributed by atoms with Crippen molar-refractivity contribution in [1.82, 2.24) is 30.2 Å².